The van der Waals surface area contributed by atoms with Gasteiger partial charge in [0.2, 0.25) is 30.0 Å². The van der Waals surface area contributed by atoms with Crippen molar-refractivity contribution in [3.05, 3.63) is 52.1 Å². The number of benzene rings is 3. The summed E-state index contributed by atoms with van der Waals surface area (Å²) in [7, 11) is 0. The summed E-state index contributed by atoms with van der Waals surface area (Å²) in [6.45, 7) is -1.42. The van der Waals surface area contributed by atoms with Crippen molar-refractivity contribution in [3.8, 4) is 51.7 Å². The number of phenols is 8. The van der Waals surface area contributed by atoms with Crippen LogP contribution in [0.3, 0.4) is 0 Å². The summed E-state index contributed by atoms with van der Waals surface area (Å²) >= 11 is 0. The van der Waals surface area contributed by atoms with Crippen molar-refractivity contribution in [2.24, 2.45) is 11.8 Å². The number of aliphatic hydroxyl groups excluding tert-OH is 2. The third-order valence-electron chi connectivity index (χ3n) is 11.6. The summed E-state index contributed by atoms with van der Waals surface area (Å²) in [6, 6.07) is 1.90. The van der Waals surface area contributed by atoms with Crippen LogP contribution >= 0.6 is 0 Å². The molecule has 0 radical (unpaired) electrons. The van der Waals surface area contributed by atoms with Crippen LogP contribution in [0.4, 0.5) is 0 Å². The molecule has 372 valence electrons. The van der Waals surface area contributed by atoms with Gasteiger partial charge in [0.25, 0.3) is 0 Å². The van der Waals surface area contributed by atoms with Crippen LogP contribution in [0.1, 0.15) is 66.9 Å². The van der Waals surface area contributed by atoms with E-state index in [2.05, 4.69) is 0 Å². The Kier molecular flexibility index (Phi) is 12.9. The fourth-order valence-electron chi connectivity index (χ4n) is 8.46. The summed E-state index contributed by atoms with van der Waals surface area (Å²) in [5.41, 5.74) is -4.73. The minimum atomic E-state index is -2.71. The van der Waals surface area contributed by atoms with Gasteiger partial charge in [0.05, 0.1) is 53.9 Å². The van der Waals surface area contributed by atoms with Crippen LogP contribution < -0.4 is 4.74 Å². The average molecular weight is 991 g/mol. The maximum atomic E-state index is 14.7. The van der Waals surface area contributed by atoms with Gasteiger partial charge in [0.15, 0.2) is 58.6 Å². The number of carboxylic acids is 3. The van der Waals surface area contributed by atoms with Gasteiger partial charge in [-0.25, -0.2) is 24.0 Å². The van der Waals surface area contributed by atoms with E-state index < -0.39 is 219 Å². The van der Waals surface area contributed by atoms with E-state index in [0.29, 0.717) is 24.3 Å². The highest BCUT2D eigenvalue weighted by atomic mass is 16.7. The second-order valence-electron chi connectivity index (χ2n) is 15.7. The molecule has 0 spiro atoms. The molecule has 4 aliphatic heterocycles. The van der Waals surface area contributed by atoms with E-state index in [1.165, 1.54) is 0 Å². The second-order valence-corrected chi connectivity index (χ2v) is 15.7. The van der Waals surface area contributed by atoms with Gasteiger partial charge in [-0.1, -0.05) is 0 Å². The monoisotopic (exact) mass is 990 g/mol. The first-order valence-electron chi connectivity index (χ1n) is 19.8. The normalized spacial score (nSPS) is 26.3. The zero-order chi connectivity index (χ0) is 51.5. The summed E-state index contributed by atoms with van der Waals surface area (Å²) < 4.78 is 37.8. The SMILES string of the molecule is O=C(O)C[C@H](C(=O)O[C@@H]1[C@H]2OC(=O)c3cc(O)c(O)c4c3[C@@H]([C@H](O)C(=O)O4)[C@H](CC(=O)O)C(=O)O[C@@H]1[C@@H](CO)O[C@H]2OC(=O)c1cc(O)c(O)c(O)c1)[C@H]1c2c(cc(O)c(O)c2O)C(=O)O[C@@H]1C(=O)O. The third-order valence-corrected chi connectivity index (χ3v) is 11.6. The topological polar surface area (TPSA) is 481 Å². The van der Waals surface area contributed by atoms with E-state index in [1.807, 2.05) is 0 Å². The number of aliphatic carboxylic acids is 3. The van der Waals surface area contributed by atoms with Gasteiger partial charge in [0, 0.05) is 17.0 Å². The highest BCUT2D eigenvalue weighted by molar-refractivity contribution is 5.99. The fourth-order valence-corrected chi connectivity index (χ4v) is 8.46. The summed E-state index contributed by atoms with van der Waals surface area (Å²) in [6.07, 6.45) is -21.0. The third kappa shape index (κ3) is 8.53. The lowest BCUT2D eigenvalue weighted by Gasteiger charge is -2.44. The van der Waals surface area contributed by atoms with Crippen LogP contribution in [0.15, 0.2) is 24.3 Å². The van der Waals surface area contributed by atoms with Crippen molar-refractivity contribution in [2.75, 3.05) is 6.61 Å². The Hall–Kier alpha value is -8.83. The highest BCUT2D eigenvalue weighted by Crippen LogP contribution is 2.53. The number of esters is 6. The lowest BCUT2D eigenvalue weighted by atomic mass is 9.75. The van der Waals surface area contributed by atoms with E-state index in [-0.39, 0.29) is 0 Å². The van der Waals surface area contributed by atoms with Crippen molar-refractivity contribution in [3.63, 3.8) is 0 Å². The van der Waals surface area contributed by atoms with Gasteiger partial charge < -0.3 is 99.5 Å². The number of ether oxygens (including phenoxy) is 7. The number of hydrogen-bond acceptors (Lipinski definition) is 26. The van der Waals surface area contributed by atoms with Gasteiger partial charge in [-0.3, -0.25) is 19.2 Å². The molecule has 70 heavy (non-hydrogen) atoms. The van der Waals surface area contributed by atoms with Gasteiger partial charge in [-0.05, 0) is 24.3 Å². The average Bonchev–Trinajstić information content (AvgIpc) is 3.29. The largest absolute Gasteiger partial charge is 0.504 e. The molecule has 0 amide bonds. The van der Waals surface area contributed by atoms with E-state index in [4.69, 9.17) is 33.2 Å². The summed E-state index contributed by atoms with van der Waals surface area (Å²) in [5.74, 6) is -37.4. The van der Waals surface area contributed by atoms with Crippen LogP contribution in [-0.2, 0) is 57.2 Å². The Morgan fingerprint density at radius 3 is 1.83 bits per heavy atom. The Balaban J connectivity index is 1.45. The van der Waals surface area contributed by atoms with Crippen molar-refractivity contribution < 1.29 is 143 Å². The molecule has 0 saturated carbocycles. The quantitative estimate of drug-likeness (QED) is 0.0437. The molecule has 0 unspecified atom stereocenters. The molecule has 1 fully saturated rings. The summed E-state index contributed by atoms with van der Waals surface area (Å²) in [4.78, 5) is 121. The maximum Gasteiger partial charge on any atom is 0.345 e. The molecule has 29 nitrogen and oxygen atoms in total. The van der Waals surface area contributed by atoms with Crippen molar-refractivity contribution in [1.29, 1.82) is 0 Å². The molecular formula is C41H34O29. The standard InChI is InChI=1S/C41H34O29/c42-7-17-29-32(68-39(62)12(6-19(49)50)23-20-9(3-15(45)25(52)27(20)54)36(59)67-31(23)34(56)57)33(41(64-17)70-35(58)8-1-13(43)24(51)14(44)2-8)69-37(60)10-4-16(46)26(53)30-22(10)21(28(55)40(63)66-30)11(5-18(47)48)38(61)65-29/h1-4,11-12,17,21,23,28-29,31-33,41-46,51-55H,5-7H2,(H,47,48)(H,49,50)(H,56,57)/t11-,12-,17+,21-,23-,28-,29+,31-,32-,33+,41-/m0/s1. The number of aliphatic hydroxyl groups is 2. The van der Waals surface area contributed by atoms with Crippen LogP contribution in [0.5, 0.6) is 51.7 Å². The van der Waals surface area contributed by atoms with Crippen LogP contribution in [0, 0.1) is 11.8 Å². The number of cyclic esters (lactones) is 1. The van der Waals surface area contributed by atoms with Crippen LogP contribution in [0.2, 0.25) is 0 Å². The van der Waals surface area contributed by atoms with Gasteiger partial charge >= 0.3 is 53.7 Å². The number of hydrogen-bond donors (Lipinski definition) is 13. The van der Waals surface area contributed by atoms with E-state index in [9.17, 15) is 110 Å². The Morgan fingerprint density at radius 1 is 0.657 bits per heavy atom. The molecule has 3 aromatic carbocycles. The smallest absolute Gasteiger partial charge is 0.345 e. The van der Waals surface area contributed by atoms with Crippen molar-refractivity contribution in [2.45, 2.75) is 67.6 Å². The molecule has 4 heterocycles. The number of rotatable bonds is 11. The van der Waals surface area contributed by atoms with Gasteiger partial charge in [0.1, 0.15) is 6.10 Å². The lowest BCUT2D eigenvalue weighted by molar-refractivity contribution is -0.292. The molecule has 0 aliphatic carbocycles. The minimum Gasteiger partial charge on any atom is -0.504 e. The predicted octanol–water partition coefficient (Wildman–Crippen LogP) is -1.78. The molecule has 4 aliphatic rings. The van der Waals surface area contributed by atoms with Crippen LogP contribution in [0.25, 0.3) is 0 Å². The Bertz CT molecular complexity index is 2760. The van der Waals surface area contributed by atoms with Gasteiger partial charge in [-0.15, -0.1) is 0 Å². The molecule has 0 aromatic heterocycles. The number of carbonyl (C=O) groups excluding carboxylic acids is 6. The number of fused-ring (bicyclic) bond motifs is 3. The first-order chi connectivity index (χ1) is 32.9. The predicted molar refractivity (Wildman–Crippen MR) is 208 cm³/mol. The Labute approximate surface area is 385 Å². The zero-order valence-electron chi connectivity index (χ0n) is 34.6. The van der Waals surface area contributed by atoms with Crippen molar-refractivity contribution >= 4 is 53.7 Å². The zero-order valence-corrected chi connectivity index (χ0v) is 34.6. The molecule has 2 bridgehead atoms. The van der Waals surface area contributed by atoms with Crippen molar-refractivity contribution in [1.82, 2.24) is 0 Å². The van der Waals surface area contributed by atoms with E-state index in [0.717, 1.165) is 0 Å². The van der Waals surface area contributed by atoms with E-state index in [1.54, 1.807) is 0 Å². The number of carboxylic acid groups (broad SMARTS) is 3. The molecular weight excluding hydrogens is 956 g/mol. The maximum absolute atomic E-state index is 14.7. The fraction of sp³-hybridized carbons (Fsp3) is 0.341. The molecule has 3 aromatic rings. The van der Waals surface area contributed by atoms with E-state index >= 15 is 0 Å². The Morgan fingerprint density at radius 2 is 1.24 bits per heavy atom. The van der Waals surface area contributed by atoms with Crippen LogP contribution in [-0.4, -0.2) is 170 Å². The number of phenolic OH excluding ortho intramolecular Hbond substituents is 8. The van der Waals surface area contributed by atoms with Gasteiger partial charge in [-0.2, -0.15) is 0 Å². The number of carbonyl (C=O) groups is 9. The minimum absolute atomic E-state index is 0.397. The molecule has 29 heteroatoms. The first kappa shape index (κ1) is 49.1. The molecule has 11 atom stereocenters. The number of aromatic hydroxyl groups is 8. The highest BCUT2D eigenvalue weighted by Gasteiger charge is 2.59. The molecule has 1 saturated heterocycles. The summed E-state index contributed by atoms with van der Waals surface area (Å²) in [5, 5.41) is 135. The molecule has 13 N–H and O–H groups in total. The first-order valence-corrected chi connectivity index (χ1v) is 19.8. The lowest BCUT2D eigenvalue weighted by Crippen LogP contribution is -2.63. The molecule has 7 rings (SSSR count). The second kappa shape index (κ2) is 18.3.